The third-order valence-electron chi connectivity index (χ3n) is 3.58. The lowest BCUT2D eigenvalue weighted by Gasteiger charge is -2.35. The number of hydrogen-bond acceptors (Lipinski definition) is 4. The topological polar surface area (TPSA) is 58.4 Å². The Labute approximate surface area is 127 Å². The second-order valence-electron chi connectivity index (χ2n) is 5.30. The van der Waals surface area contributed by atoms with Gasteiger partial charge in [-0.15, -0.1) is 12.4 Å². The molecule has 1 aliphatic heterocycles. The molecule has 0 unspecified atom stereocenters. The fourth-order valence-electron chi connectivity index (χ4n) is 2.24. The lowest BCUT2D eigenvalue weighted by Crippen LogP contribution is -2.50. The Kier molecular flexibility index (Phi) is 9.87. The van der Waals surface area contributed by atoms with E-state index in [9.17, 15) is 4.79 Å². The van der Waals surface area contributed by atoms with Gasteiger partial charge in [-0.3, -0.25) is 4.79 Å². The lowest BCUT2D eigenvalue weighted by molar-refractivity contribution is -0.123. The highest BCUT2D eigenvalue weighted by molar-refractivity contribution is 7.98. The fraction of sp³-hybridized carbons (Fsp3) is 0.923. The number of halogens is 1. The molecule has 0 aromatic carbocycles. The average molecular weight is 310 g/mol. The average Bonchev–Trinajstić information content (AvgIpc) is 2.36. The van der Waals surface area contributed by atoms with E-state index in [2.05, 4.69) is 24.1 Å². The van der Waals surface area contributed by atoms with Gasteiger partial charge in [-0.1, -0.05) is 0 Å². The first kappa shape index (κ1) is 19.0. The van der Waals surface area contributed by atoms with Gasteiger partial charge in [-0.05, 0) is 45.1 Å². The molecular formula is C13H28ClN3OS. The summed E-state index contributed by atoms with van der Waals surface area (Å²) < 4.78 is 0. The summed E-state index contributed by atoms with van der Waals surface area (Å²) in [5.41, 5.74) is 5.86. The predicted octanol–water partition coefficient (Wildman–Crippen LogP) is 1.48. The van der Waals surface area contributed by atoms with Crippen molar-refractivity contribution in [3.05, 3.63) is 0 Å². The number of hydrogen-bond donors (Lipinski definition) is 2. The van der Waals surface area contributed by atoms with Crippen LogP contribution in [0.15, 0.2) is 0 Å². The second kappa shape index (κ2) is 9.86. The summed E-state index contributed by atoms with van der Waals surface area (Å²) in [6.45, 7) is 6.58. The first-order valence-electron chi connectivity index (χ1n) is 6.83. The summed E-state index contributed by atoms with van der Waals surface area (Å²) in [5, 5.41) is 3.09. The Morgan fingerprint density at radius 3 is 2.47 bits per heavy atom. The molecule has 114 valence electrons. The van der Waals surface area contributed by atoms with Crippen molar-refractivity contribution in [2.24, 2.45) is 5.73 Å². The fourth-order valence-corrected chi connectivity index (χ4v) is 2.73. The summed E-state index contributed by atoms with van der Waals surface area (Å²) in [5.74, 6) is 0.965. The molecule has 0 aromatic rings. The Morgan fingerprint density at radius 2 is 2.00 bits per heavy atom. The molecule has 6 heteroatoms. The molecule has 1 amide bonds. The molecular weight excluding hydrogens is 282 g/mol. The van der Waals surface area contributed by atoms with Crippen LogP contribution in [-0.4, -0.2) is 54.0 Å². The molecule has 1 heterocycles. The monoisotopic (exact) mass is 309 g/mol. The molecule has 0 bridgehead atoms. The Morgan fingerprint density at radius 1 is 1.42 bits per heavy atom. The van der Waals surface area contributed by atoms with Crippen molar-refractivity contribution in [1.82, 2.24) is 10.2 Å². The Balaban J connectivity index is 0.00000324. The van der Waals surface area contributed by atoms with E-state index in [1.807, 2.05) is 6.26 Å². The van der Waals surface area contributed by atoms with E-state index in [0.29, 0.717) is 12.1 Å². The molecule has 19 heavy (non-hydrogen) atoms. The predicted molar refractivity (Wildman–Crippen MR) is 86.1 cm³/mol. The zero-order valence-electron chi connectivity index (χ0n) is 12.2. The highest BCUT2D eigenvalue weighted by Crippen LogP contribution is 2.13. The van der Waals surface area contributed by atoms with Gasteiger partial charge < -0.3 is 16.0 Å². The summed E-state index contributed by atoms with van der Waals surface area (Å²) in [6.07, 6.45) is 4.88. The minimum Gasteiger partial charge on any atom is -0.352 e. The van der Waals surface area contributed by atoms with Gasteiger partial charge in [0, 0.05) is 25.2 Å². The van der Waals surface area contributed by atoms with Crippen molar-refractivity contribution in [2.75, 3.05) is 25.1 Å². The van der Waals surface area contributed by atoms with E-state index in [0.717, 1.165) is 38.1 Å². The van der Waals surface area contributed by atoms with Crippen LogP contribution in [-0.2, 0) is 4.79 Å². The van der Waals surface area contributed by atoms with Crippen LogP contribution >= 0.6 is 24.2 Å². The van der Waals surface area contributed by atoms with E-state index in [1.165, 1.54) is 0 Å². The first-order chi connectivity index (χ1) is 8.54. The van der Waals surface area contributed by atoms with Gasteiger partial charge in [0.05, 0.1) is 6.04 Å². The van der Waals surface area contributed by atoms with Crippen molar-refractivity contribution in [3.63, 3.8) is 0 Å². The van der Waals surface area contributed by atoms with Crippen LogP contribution in [0.5, 0.6) is 0 Å². The van der Waals surface area contributed by atoms with Gasteiger partial charge in [0.25, 0.3) is 0 Å². The Bertz CT molecular complexity index is 258. The molecule has 0 aromatic heterocycles. The molecule has 0 radical (unpaired) electrons. The van der Waals surface area contributed by atoms with Crippen LogP contribution in [0.1, 0.15) is 33.1 Å². The van der Waals surface area contributed by atoms with Crippen LogP contribution in [0.25, 0.3) is 0 Å². The summed E-state index contributed by atoms with van der Waals surface area (Å²) in [4.78, 5) is 14.3. The molecule has 1 saturated heterocycles. The van der Waals surface area contributed by atoms with E-state index >= 15 is 0 Å². The second-order valence-corrected chi connectivity index (χ2v) is 6.29. The first-order valence-corrected chi connectivity index (χ1v) is 8.23. The number of carbonyl (C=O) groups is 1. The van der Waals surface area contributed by atoms with E-state index in [-0.39, 0.29) is 24.4 Å². The number of piperidine rings is 1. The molecule has 4 nitrogen and oxygen atoms in total. The number of nitrogens with two attached hydrogens (primary N) is 1. The number of amides is 1. The standard InChI is InChI=1S/C13H27N3OS.ClH/c1-10(2)16-7-4-11(5-8-16)15-13(17)12(14)6-9-18-3;/h10-12H,4-9,14H2,1-3H3,(H,15,17);1H/t12-;/m0./s1. The minimum atomic E-state index is -0.347. The smallest absolute Gasteiger partial charge is 0.237 e. The van der Waals surface area contributed by atoms with Gasteiger partial charge in [0.15, 0.2) is 0 Å². The molecule has 3 N–H and O–H groups in total. The largest absolute Gasteiger partial charge is 0.352 e. The normalized spacial score (nSPS) is 19.0. The van der Waals surface area contributed by atoms with Crippen LogP contribution in [0.3, 0.4) is 0 Å². The lowest BCUT2D eigenvalue weighted by atomic mass is 10.0. The summed E-state index contributed by atoms with van der Waals surface area (Å²) in [7, 11) is 0. The third kappa shape index (κ3) is 6.84. The van der Waals surface area contributed by atoms with Crippen molar-refractivity contribution < 1.29 is 4.79 Å². The van der Waals surface area contributed by atoms with Crippen LogP contribution < -0.4 is 11.1 Å². The third-order valence-corrected chi connectivity index (χ3v) is 4.22. The van der Waals surface area contributed by atoms with Crippen LogP contribution in [0.4, 0.5) is 0 Å². The quantitative estimate of drug-likeness (QED) is 0.780. The van der Waals surface area contributed by atoms with E-state index in [4.69, 9.17) is 5.73 Å². The molecule has 1 aliphatic rings. The zero-order valence-corrected chi connectivity index (χ0v) is 13.9. The number of likely N-dealkylation sites (tertiary alicyclic amines) is 1. The molecule has 0 saturated carbocycles. The molecule has 0 spiro atoms. The maximum absolute atomic E-state index is 11.9. The maximum atomic E-state index is 11.9. The molecule has 1 fully saturated rings. The summed E-state index contributed by atoms with van der Waals surface area (Å²) >= 11 is 1.73. The number of nitrogens with zero attached hydrogens (tertiary/aromatic N) is 1. The van der Waals surface area contributed by atoms with Crippen molar-refractivity contribution in [3.8, 4) is 0 Å². The van der Waals surface area contributed by atoms with Crippen molar-refractivity contribution in [2.45, 2.75) is 51.2 Å². The van der Waals surface area contributed by atoms with Crippen molar-refractivity contribution in [1.29, 1.82) is 0 Å². The van der Waals surface area contributed by atoms with Gasteiger partial charge in [-0.25, -0.2) is 0 Å². The minimum absolute atomic E-state index is 0. The Hall–Kier alpha value is 0.0300. The zero-order chi connectivity index (χ0) is 13.5. The molecule has 1 rings (SSSR count). The van der Waals surface area contributed by atoms with Gasteiger partial charge in [0.2, 0.25) is 5.91 Å². The van der Waals surface area contributed by atoms with E-state index in [1.54, 1.807) is 11.8 Å². The number of nitrogens with one attached hydrogen (secondary N) is 1. The van der Waals surface area contributed by atoms with Crippen molar-refractivity contribution >= 4 is 30.1 Å². The SMILES string of the molecule is CSCC[C@H](N)C(=O)NC1CCN(C(C)C)CC1.Cl. The maximum Gasteiger partial charge on any atom is 0.237 e. The molecule has 1 atom stereocenters. The van der Waals surface area contributed by atoms with Gasteiger partial charge in [0.1, 0.15) is 0 Å². The highest BCUT2D eigenvalue weighted by Gasteiger charge is 2.23. The van der Waals surface area contributed by atoms with Crippen LogP contribution in [0.2, 0.25) is 0 Å². The summed E-state index contributed by atoms with van der Waals surface area (Å²) in [6, 6.07) is 0.568. The van der Waals surface area contributed by atoms with Crippen LogP contribution in [0, 0.1) is 0 Å². The van der Waals surface area contributed by atoms with Gasteiger partial charge >= 0.3 is 0 Å². The highest BCUT2D eigenvalue weighted by atomic mass is 35.5. The number of rotatable bonds is 6. The molecule has 0 aliphatic carbocycles. The van der Waals surface area contributed by atoms with E-state index < -0.39 is 0 Å². The van der Waals surface area contributed by atoms with Gasteiger partial charge in [-0.2, -0.15) is 11.8 Å². The number of carbonyl (C=O) groups excluding carboxylic acids is 1. The number of thioether (sulfide) groups is 1.